The van der Waals surface area contributed by atoms with E-state index in [9.17, 15) is 18.0 Å². The molecule has 2 aromatic rings. The van der Waals surface area contributed by atoms with Crippen molar-refractivity contribution in [2.75, 3.05) is 5.32 Å². The molecule has 0 amide bonds. The Bertz CT molecular complexity index is 761. The molecule has 0 aliphatic heterocycles. The third-order valence-corrected chi connectivity index (χ3v) is 3.78. The number of H-pyrrole nitrogens is 1. The Morgan fingerprint density at radius 1 is 1.23 bits per heavy atom. The van der Waals surface area contributed by atoms with Gasteiger partial charge in [-0.25, -0.2) is 0 Å². The average molecular weight is 308 g/mol. The minimum Gasteiger partial charge on any atom is -0.345 e. The molecule has 116 valence electrons. The van der Waals surface area contributed by atoms with Crippen LogP contribution in [0.3, 0.4) is 0 Å². The Hall–Kier alpha value is -2.24. The Balaban J connectivity index is 1.94. The maximum absolute atomic E-state index is 12.7. The van der Waals surface area contributed by atoms with Crippen molar-refractivity contribution in [3.8, 4) is 0 Å². The predicted octanol–water partition coefficient (Wildman–Crippen LogP) is 4.32. The molecule has 1 heterocycles. The number of alkyl halides is 3. The van der Waals surface area contributed by atoms with E-state index < -0.39 is 11.7 Å². The zero-order valence-corrected chi connectivity index (χ0v) is 11.9. The van der Waals surface area contributed by atoms with Crippen LogP contribution in [-0.4, -0.2) is 4.98 Å². The topological polar surface area (TPSA) is 44.9 Å². The molecule has 1 aliphatic rings. The molecule has 1 saturated carbocycles. The summed E-state index contributed by atoms with van der Waals surface area (Å²) in [6.07, 6.45) is -2.33. The van der Waals surface area contributed by atoms with Gasteiger partial charge in [-0.15, -0.1) is 0 Å². The minimum absolute atomic E-state index is 0.116. The van der Waals surface area contributed by atoms with Crippen LogP contribution in [0, 0.1) is 6.92 Å². The number of hydrogen-bond acceptors (Lipinski definition) is 2. The summed E-state index contributed by atoms with van der Waals surface area (Å²) < 4.78 is 38.2. The summed E-state index contributed by atoms with van der Waals surface area (Å²) in [5.74, 6) is 0.809. The fourth-order valence-corrected chi connectivity index (χ4v) is 2.30. The Labute approximate surface area is 125 Å². The number of rotatable bonds is 3. The van der Waals surface area contributed by atoms with Crippen molar-refractivity contribution >= 4 is 11.5 Å². The molecule has 0 bridgehead atoms. The van der Waals surface area contributed by atoms with Gasteiger partial charge in [-0.1, -0.05) is 6.07 Å². The lowest BCUT2D eigenvalue weighted by Crippen LogP contribution is -2.12. The van der Waals surface area contributed by atoms with Gasteiger partial charge in [0.05, 0.1) is 5.56 Å². The highest BCUT2D eigenvalue weighted by Crippen LogP contribution is 2.39. The first kappa shape index (κ1) is 14.7. The normalized spacial score (nSPS) is 14.9. The summed E-state index contributed by atoms with van der Waals surface area (Å²) in [4.78, 5) is 15.1. The van der Waals surface area contributed by atoms with E-state index >= 15 is 0 Å². The fraction of sp³-hybridized carbons (Fsp3) is 0.312. The van der Waals surface area contributed by atoms with Gasteiger partial charge in [0.1, 0.15) is 5.82 Å². The second kappa shape index (κ2) is 5.19. The van der Waals surface area contributed by atoms with Crippen LogP contribution in [0.1, 0.15) is 35.6 Å². The van der Waals surface area contributed by atoms with Gasteiger partial charge >= 0.3 is 6.18 Å². The van der Waals surface area contributed by atoms with E-state index in [1.54, 1.807) is 13.0 Å². The Kier molecular flexibility index (Phi) is 3.47. The quantitative estimate of drug-likeness (QED) is 0.887. The van der Waals surface area contributed by atoms with Crippen LogP contribution >= 0.6 is 0 Å². The number of aromatic nitrogens is 1. The van der Waals surface area contributed by atoms with E-state index in [1.807, 2.05) is 0 Å². The first-order valence-electron chi connectivity index (χ1n) is 7.02. The van der Waals surface area contributed by atoms with E-state index in [4.69, 9.17) is 0 Å². The molecule has 6 heteroatoms. The molecule has 0 unspecified atom stereocenters. The largest absolute Gasteiger partial charge is 0.416 e. The maximum Gasteiger partial charge on any atom is 0.416 e. The summed E-state index contributed by atoms with van der Waals surface area (Å²) in [5, 5.41) is 2.89. The molecular weight excluding hydrogens is 293 g/mol. The molecule has 2 N–H and O–H groups in total. The number of anilines is 2. The van der Waals surface area contributed by atoms with Gasteiger partial charge in [0.25, 0.3) is 0 Å². The highest BCUT2D eigenvalue weighted by molar-refractivity contribution is 5.60. The molecule has 1 aromatic carbocycles. The summed E-state index contributed by atoms with van der Waals surface area (Å²) in [5.41, 5.74) is 0.749. The van der Waals surface area contributed by atoms with Gasteiger partial charge in [0.15, 0.2) is 5.43 Å². The number of benzene rings is 1. The van der Waals surface area contributed by atoms with Crippen molar-refractivity contribution in [3.63, 3.8) is 0 Å². The lowest BCUT2D eigenvalue weighted by molar-refractivity contribution is -0.137. The monoisotopic (exact) mass is 308 g/mol. The minimum atomic E-state index is -4.39. The van der Waals surface area contributed by atoms with Crippen molar-refractivity contribution < 1.29 is 13.2 Å². The zero-order chi connectivity index (χ0) is 15.9. The van der Waals surface area contributed by atoms with Crippen molar-refractivity contribution in [2.45, 2.75) is 31.9 Å². The van der Waals surface area contributed by atoms with E-state index in [0.717, 1.165) is 30.7 Å². The van der Waals surface area contributed by atoms with Crippen LogP contribution in [0.5, 0.6) is 0 Å². The maximum atomic E-state index is 12.7. The second-order valence-corrected chi connectivity index (χ2v) is 5.57. The number of aromatic amines is 1. The number of hydrogen-bond donors (Lipinski definition) is 2. The van der Waals surface area contributed by atoms with E-state index in [1.165, 1.54) is 12.1 Å². The second-order valence-electron chi connectivity index (χ2n) is 5.57. The molecule has 3 nitrogen and oxygen atoms in total. The summed E-state index contributed by atoms with van der Waals surface area (Å²) in [6.45, 7) is 1.64. The summed E-state index contributed by atoms with van der Waals surface area (Å²) >= 11 is 0. The number of pyridine rings is 1. The van der Waals surface area contributed by atoms with Gasteiger partial charge in [-0.3, -0.25) is 4.79 Å². The molecule has 1 fully saturated rings. The van der Waals surface area contributed by atoms with Crippen LogP contribution in [0.25, 0.3) is 0 Å². The first-order chi connectivity index (χ1) is 10.3. The number of halogens is 3. The number of nitrogens with one attached hydrogen (secondary N) is 2. The van der Waals surface area contributed by atoms with Gasteiger partial charge in [-0.05, 0) is 43.9 Å². The van der Waals surface area contributed by atoms with E-state index in [-0.39, 0.29) is 5.43 Å². The van der Waals surface area contributed by atoms with Crippen LogP contribution in [0.15, 0.2) is 35.1 Å². The van der Waals surface area contributed by atoms with Crippen molar-refractivity contribution in [1.29, 1.82) is 0 Å². The van der Waals surface area contributed by atoms with E-state index in [2.05, 4.69) is 10.3 Å². The van der Waals surface area contributed by atoms with Crippen LogP contribution in [0.2, 0.25) is 0 Å². The SMILES string of the molecule is Cc1c(Nc2cccc(C(F)(F)F)c2)[nH]c(C2CC2)cc1=O. The fourth-order valence-electron chi connectivity index (χ4n) is 2.30. The Morgan fingerprint density at radius 3 is 2.59 bits per heavy atom. The summed E-state index contributed by atoms with van der Waals surface area (Å²) in [7, 11) is 0. The van der Waals surface area contributed by atoms with Gasteiger partial charge < -0.3 is 10.3 Å². The van der Waals surface area contributed by atoms with Crippen LogP contribution in [-0.2, 0) is 6.18 Å². The van der Waals surface area contributed by atoms with Crippen LogP contribution < -0.4 is 10.7 Å². The molecule has 0 saturated heterocycles. The Morgan fingerprint density at radius 2 is 1.95 bits per heavy atom. The molecule has 0 radical (unpaired) electrons. The third-order valence-electron chi connectivity index (χ3n) is 3.78. The lowest BCUT2D eigenvalue weighted by atomic mass is 10.1. The molecular formula is C16H15F3N2O. The van der Waals surface area contributed by atoms with Crippen molar-refractivity contribution in [1.82, 2.24) is 4.98 Å². The predicted molar refractivity (Wildman–Crippen MR) is 78.5 cm³/mol. The van der Waals surface area contributed by atoms with Gasteiger partial charge in [0.2, 0.25) is 0 Å². The first-order valence-corrected chi connectivity index (χ1v) is 7.02. The summed E-state index contributed by atoms with van der Waals surface area (Å²) in [6, 6.07) is 6.49. The molecule has 1 aliphatic carbocycles. The van der Waals surface area contributed by atoms with Gasteiger partial charge in [-0.2, -0.15) is 13.2 Å². The molecule has 0 spiro atoms. The average Bonchev–Trinajstić information content (AvgIpc) is 3.27. The highest BCUT2D eigenvalue weighted by Gasteiger charge is 2.30. The lowest BCUT2D eigenvalue weighted by Gasteiger charge is -2.13. The highest BCUT2D eigenvalue weighted by atomic mass is 19.4. The van der Waals surface area contributed by atoms with Gasteiger partial charge in [0, 0.05) is 23.0 Å². The molecule has 1 aromatic heterocycles. The van der Waals surface area contributed by atoms with E-state index in [0.29, 0.717) is 23.0 Å². The van der Waals surface area contributed by atoms with Crippen molar-refractivity contribution in [2.24, 2.45) is 0 Å². The molecule has 3 rings (SSSR count). The standard InChI is InChI=1S/C16H15F3N2O/c1-9-14(22)8-13(10-5-6-10)21-15(9)20-12-4-2-3-11(7-12)16(17,18)19/h2-4,7-8,10H,5-6H2,1H3,(H2,20,21,22). The molecule has 22 heavy (non-hydrogen) atoms. The molecule has 0 atom stereocenters. The zero-order valence-electron chi connectivity index (χ0n) is 11.9. The van der Waals surface area contributed by atoms with Crippen LogP contribution in [0.4, 0.5) is 24.7 Å². The van der Waals surface area contributed by atoms with Crippen molar-refractivity contribution in [3.05, 3.63) is 57.4 Å². The third kappa shape index (κ3) is 3.00. The smallest absolute Gasteiger partial charge is 0.345 e.